The van der Waals surface area contributed by atoms with Crippen molar-refractivity contribution < 1.29 is 7.65 Å². The van der Waals surface area contributed by atoms with Crippen LogP contribution in [-0.2, 0) is 11.2 Å². The van der Waals surface area contributed by atoms with Crippen molar-refractivity contribution in [3.63, 3.8) is 0 Å². The third-order valence-corrected chi connectivity index (χ3v) is 0.951. The van der Waals surface area contributed by atoms with E-state index >= 15 is 0 Å². The number of imidazole rings is 1. The fraction of sp³-hybridized carbons (Fsp3) is 0.429. The van der Waals surface area contributed by atoms with E-state index in [1.807, 2.05) is 13.8 Å². The molecule has 0 saturated heterocycles. The number of aromatic nitrogens is 2. The maximum Gasteiger partial charge on any atom is 0.197 e. The smallest absolute Gasteiger partial charge is 0.197 e. The van der Waals surface area contributed by atoms with Gasteiger partial charge in [0.2, 0.25) is 0 Å². The second-order valence-corrected chi connectivity index (χ2v) is 1.66. The summed E-state index contributed by atoms with van der Waals surface area (Å²) in [5.41, 5.74) is 5.98. The second kappa shape index (κ2) is 5.46. The second-order valence-electron chi connectivity index (χ2n) is 1.66. The lowest BCUT2D eigenvalue weighted by atomic mass is 10.4. The predicted octanol–water partition coefficient (Wildman–Crippen LogP) is 1.25. The zero-order chi connectivity index (χ0) is 8.69. The first kappa shape index (κ1) is 9.68. The number of rotatable bonds is 2. The van der Waals surface area contributed by atoms with Gasteiger partial charge in [0.1, 0.15) is 6.29 Å². The van der Waals surface area contributed by atoms with E-state index in [4.69, 9.17) is 5.73 Å². The van der Waals surface area contributed by atoms with Gasteiger partial charge in [0, 0.05) is 15.0 Å². The molecule has 0 aromatic carbocycles. The standard InChI is InChI=1S/C5H7N3O.C2H6.2H2/c6-5-7-3-4(8-5)1-2-9;1-2;;/h2-3H,1H2,(H3,6,7,8);1-2H3;2*1H. The Morgan fingerprint density at radius 1 is 1.82 bits per heavy atom. The van der Waals surface area contributed by atoms with Crippen LogP contribution < -0.4 is 5.73 Å². The number of H-pyrrole nitrogens is 1. The molecule has 0 fully saturated rings. The lowest BCUT2D eigenvalue weighted by molar-refractivity contribution is -0.107. The molecule has 66 valence electrons. The molecule has 3 N–H and O–H groups in total. The molecule has 0 aliphatic heterocycles. The van der Waals surface area contributed by atoms with Gasteiger partial charge in [-0.15, -0.1) is 0 Å². The summed E-state index contributed by atoms with van der Waals surface area (Å²) in [6.45, 7) is 4.00. The van der Waals surface area contributed by atoms with Crippen LogP contribution in [0.3, 0.4) is 0 Å². The third kappa shape index (κ3) is 3.40. The van der Waals surface area contributed by atoms with E-state index < -0.39 is 0 Å². The Labute approximate surface area is 68.8 Å². The van der Waals surface area contributed by atoms with Crippen LogP contribution in [0.2, 0.25) is 0 Å². The number of carbonyl (C=O) groups excluding carboxylic acids is 1. The highest BCUT2D eigenvalue weighted by molar-refractivity contribution is 5.53. The normalized spacial score (nSPS) is 8.18. The largest absolute Gasteiger partial charge is 0.369 e. The molecular weight excluding hydrogens is 142 g/mol. The number of nitrogens with two attached hydrogens (primary N) is 1. The van der Waals surface area contributed by atoms with E-state index in [9.17, 15) is 4.79 Å². The molecule has 0 saturated carbocycles. The minimum Gasteiger partial charge on any atom is -0.369 e. The highest BCUT2D eigenvalue weighted by Crippen LogP contribution is 1.95. The van der Waals surface area contributed by atoms with Crippen LogP contribution in [0.25, 0.3) is 0 Å². The summed E-state index contributed by atoms with van der Waals surface area (Å²) in [6.07, 6.45) is 2.70. The SMILES string of the molecule is CC.Nc1ncc(CC=O)[nH]1.[HH].[HH]. The molecule has 0 atom stereocenters. The van der Waals surface area contributed by atoms with Crippen molar-refractivity contribution in [1.29, 1.82) is 0 Å². The van der Waals surface area contributed by atoms with Gasteiger partial charge < -0.3 is 15.5 Å². The molecule has 0 radical (unpaired) electrons. The molecule has 0 unspecified atom stereocenters. The van der Waals surface area contributed by atoms with Crippen molar-refractivity contribution in [2.45, 2.75) is 20.3 Å². The van der Waals surface area contributed by atoms with Crippen LogP contribution in [0.1, 0.15) is 22.4 Å². The van der Waals surface area contributed by atoms with Crippen LogP contribution in [-0.4, -0.2) is 16.3 Å². The zero-order valence-corrected chi connectivity index (χ0v) is 6.79. The van der Waals surface area contributed by atoms with Gasteiger partial charge in [0.15, 0.2) is 5.95 Å². The molecule has 1 heterocycles. The zero-order valence-electron chi connectivity index (χ0n) is 6.79. The summed E-state index contributed by atoms with van der Waals surface area (Å²) in [4.78, 5) is 16.3. The first-order chi connectivity index (χ1) is 5.33. The number of hydrogen-bond acceptors (Lipinski definition) is 3. The van der Waals surface area contributed by atoms with Crippen molar-refractivity contribution >= 4 is 12.2 Å². The molecule has 0 bridgehead atoms. The monoisotopic (exact) mass is 159 g/mol. The highest BCUT2D eigenvalue weighted by atomic mass is 16.1. The van der Waals surface area contributed by atoms with Crippen LogP contribution in [0.4, 0.5) is 5.95 Å². The lowest BCUT2D eigenvalue weighted by Crippen LogP contribution is -1.88. The summed E-state index contributed by atoms with van der Waals surface area (Å²) in [5, 5.41) is 0. The van der Waals surface area contributed by atoms with E-state index in [1.54, 1.807) is 6.20 Å². The molecular formula is C7H17N3O. The number of hydrogen-bond donors (Lipinski definition) is 2. The Bertz CT molecular complexity index is 215. The average molecular weight is 159 g/mol. The van der Waals surface area contributed by atoms with Gasteiger partial charge in [-0.05, 0) is 0 Å². The minimum absolute atomic E-state index is 0. The van der Waals surface area contributed by atoms with E-state index in [0.717, 1.165) is 12.0 Å². The Morgan fingerprint density at radius 2 is 2.45 bits per heavy atom. The van der Waals surface area contributed by atoms with E-state index in [0.29, 0.717) is 12.4 Å². The van der Waals surface area contributed by atoms with Crippen molar-refractivity contribution in [3.8, 4) is 0 Å². The van der Waals surface area contributed by atoms with Crippen LogP contribution in [0.15, 0.2) is 6.20 Å². The predicted molar refractivity (Wildman–Crippen MR) is 48.3 cm³/mol. The first-order valence-electron chi connectivity index (χ1n) is 3.56. The fourth-order valence-electron chi connectivity index (χ4n) is 0.570. The molecule has 4 heteroatoms. The Hall–Kier alpha value is -1.32. The molecule has 0 aliphatic rings. The van der Waals surface area contributed by atoms with E-state index in [-0.39, 0.29) is 2.85 Å². The van der Waals surface area contributed by atoms with Crippen LogP contribution >= 0.6 is 0 Å². The van der Waals surface area contributed by atoms with E-state index in [1.165, 1.54) is 0 Å². The number of nitrogens with one attached hydrogen (secondary N) is 1. The van der Waals surface area contributed by atoms with Gasteiger partial charge >= 0.3 is 0 Å². The molecule has 1 aromatic heterocycles. The highest BCUT2D eigenvalue weighted by Gasteiger charge is 1.92. The quantitative estimate of drug-likeness (QED) is 0.638. The number of anilines is 1. The van der Waals surface area contributed by atoms with Gasteiger partial charge in [-0.1, -0.05) is 13.8 Å². The first-order valence-corrected chi connectivity index (χ1v) is 3.56. The summed E-state index contributed by atoms with van der Waals surface area (Å²) in [5.74, 6) is 0.354. The van der Waals surface area contributed by atoms with Gasteiger partial charge in [0.05, 0.1) is 6.20 Å². The maximum absolute atomic E-state index is 9.89. The van der Waals surface area contributed by atoms with Crippen molar-refractivity contribution in [2.75, 3.05) is 5.73 Å². The van der Waals surface area contributed by atoms with Crippen LogP contribution in [0.5, 0.6) is 0 Å². The molecule has 1 aromatic rings. The van der Waals surface area contributed by atoms with Crippen molar-refractivity contribution in [3.05, 3.63) is 11.9 Å². The van der Waals surface area contributed by atoms with Gasteiger partial charge in [-0.2, -0.15) is 0 Å². The number of aldehydes is 1. The third-order valence-electron chi connectivity index (χ3n) is 0.951. The number of carbonyl (C=O) groups is 1. The lowest BCUT2D eigenvalue weighted by Gasteiger charge is -1.81. The van der Waals surface area contributed by atoms with Crippen molar-refractivity contribution in [1.82, 2.24) is 9.97 Å². The molecule has 11 heavy (non-hydrogen) atoms. The molecule has 4 nitrogen and oxygen atoms in total. The fourth-order valence-corrected chi connectivity index (χ4v) is 0.570. The van der Waals surface area contributed by atoms with E-state index in [2.05, 4.69) is 9.97 Å². The van der Waals surface area contributed by atoms with Gasteiger partial charge in [0.25, 0.3) is 0 Å². The summed E-state index contributed by atoms with van der Waals surface area (Å²) >= 11 is 0. The maximum atomic E-state index is 9.89. The number of aromatic amines is 1. The summed E-state index contributed by atoms with van der Waals surface area (Å²) < 4.78 is 0. The van der Waals surface area contributed by atoms with Gasteiger partial charge in [-0.3, -0.25) is 0 Å². The minimum atomic E-state index is 0. The van der Waals surface area contributed by atoms with Crippen LogP contribution in [0, 0.1) is 0 Å². The van der Waals surface area contributed by atoms with Crippen molar-refractivity contribution in [2.24, 2.45) is 0 Å². The molecule has 0 amide bonds. The summed E-state index contributed by atoms with van der Waals surface area (Å²) in [6, 6.07) is 0. The number of nitrogens with zero attached hydrogens (tertiary/aromatic N) is 1. The summed E-state index contributed by atoms with van der Waals surface area (Å²) in [7, 11) is 0. The molecule has 1 rings (SSSR count). The average Bonchev–Trinajstić information content (AvgIpc) is 2.41. The Balaban J connectivity index is -0.000000234. The molecule has 0 aliphatic carbocycles. The Morgan fingerprint density at radius 3 is 2.82 bits per heavy atom. The van der Waals surface area contributed by atoms with Gasteiger partial charge in [-0.25, -0.2) is 4.98 Å². The topological polar surface area (TPSA) is 71.8 Å². The Kier molecular flexibility index (Phi) is 4.81. The molecule has 0 spiro atoms. The number of nitrogen functional groups attached to an aromatic ring is 1.